The van der Waals surface area contributed by atoms with Gasteiger partial charge < -0.3 is 10.6 Å². The van der Waals surface area contributed by atoms with Crippen molar-refractivity contribution in [2.75, 3.05) is 6.54 Å². The van der Waals surface area contributed by atoms with E-state index in [1.807, 2.05) is 0 Å². The van der Waals surface area contributed by atoms with E-state index in [1.54, 1.807) is 24.3 Å². The van der Waals surface area contributed by atoms with E-state index in [0.29, 0.717) is 33.6 Å². The summed E-state index contributed by atoms with van der Waals surface area (Å²) >= 11 is 11.0. The number of carbonyl (C=O) groups is 2. The van der Waals surface area contributed by atoms with Gasteiger partial charge in [-0.3, -0.25) is 20.4 Å². The highest BCUT2D eigenvalue weighted by Gasteiger charge is 2.27. The predicted molar refractivity (Wildman–Crippen MR) is 107 cm³/mol. The number of hydrogen-bond donors (Lipinski definition) is 4. The Morgan fingerprint density at radius 3 is 2.54 bits per heavy atom. The molecule has 0 bridgehead atoms. The van der Waals surface area contributed by atoms with Crippen molar-refractivity contribution in [2.24, 2.45) is 11.8 Å². The van der Waals surface area contributed by atoms with Crippen LogP contribution in [-0.2, 0) is 4.79 Å². The summed E-state index contributed by atoms with van der Waals surface area (Å²) in [5.41, 5.74) is 5.61. The fraction of sp³-hybridized carbons (Fsp3) is 0.500. The summed E-state index contributed by atoms with van der Waals surface area (Å²) in [4.78, 5) is 23.8. The Hall–Kier alpha value is -1.86. The van der Waals surface area contributed by atoms with Crippen LogP contribution in [0, 0.1) is 11.8 Å². The first-order valence-corrected chi connectivity index (χ1v) is 9.54. The standard InChI is InChI=1S/C18H25ClN4O2S/c1-11-4-3-5-15(12(11)2)21-18(26)23-22-16(24)10-20-17(25)13-6-8-14(19)9-7-13/h6-9,11-12,15H,3-5,10H2,1-2H3,(H,20,25)(H,22,24)(H2,21,23,26)/t11-,12+,15+/m0/s1. The molecule has 142 valence electrons. The minimum absolute atomic E-state index is 0.159. The van der Waals surface area contributed by atoms with E-state index in [1.165, 1.54) is 12.8 Å². The molecule has 1 fully saturated rings. The third kappa shape index (κ3) is 6.14. The SMILES string of the molecule is C[C@@H]1[C@@H](C)CCC[C@H]1NC(=S)NNC(=O)CNC(=O)c1ccc(Cl)cc1. The molecule has 0 aliphatic heterocycles. The highest BCUT2D eigenvalue weighted by atomic mass is 35.5. The van der Waals surface area contributed by atoms with Crippen LogP contribution < -0.4 is 21.5 Å². The van der Waals surface area contributed by atoms with Crippen molar-refractivity contribution in [3.05, 3.63) is 34.9 Å². The number of benzene rings is 1. The molecular weight excluding hydrogens is 372 g/mol. The molecule has 2 rings (SSSR count). The minimum Gasteiger partial charge on any atom is -0.358 e. The van der Waals surface area contributed by atoms with Crippen molar-refractivity contribution in [3.8, 4) is 0 Å². The lowest BCUT2D eigenvalue weighted by Gasteiger charge is -2.35. The molecule has 6 nitrogen and oxygen atoms in total. The van der Waals surface area contributed by atoms with Crippen LogP contribution in [-0.4, -0.2) is 29.5 Å². The van der Waals surface area contributed by atoms with Crippen LogP contribution in [0.2, 0.25) is 5.02 Å². The third-order valence-corrected chi connectivity index (χ3v) is 5.33. The maximum Gasteiger partial charge on any atom is 0.257 e. The molecule has 3 atom stereocenters. The van der Waals surface area contributed by atoms with Crippen LogP contribution in [0.4, 0.5) is 0 Å². The van der Waals surface area contributed by atoms with E-state index >= 15 is 0 Å². The van der Waals surface area contributed by atoms with E-state index in [0.717, 1.165) is 6.42 Å². The molecule has 0 heterocycles. The Morgan fingerprint density at radius 2 is 1.85 bits per heavy atom. The van der Waals surface area contributed by atoms with Crippen LogP contribution in [0.1, 0.15) is 43.5 Å². The minimum atomic E-state index is -0.387. The number of rotatable bonds is 4. The van der Waals surface area contributed by atoms with Crippen molar-refractivity contribution in [1.29, 1.82) is 0 Å². The van der Waals surface area contributed by atoms with Gasteiger partial charge in [-0.2, -0.15) is 0 Å². The second kappa shape index (κ2) is 9.73. The number of amides is 2. The molecule has 1 aromatic carbocycles. The first-order chi connectivity index (χ1) is 12.4. The van der Waals surface area contributed by atoms with Crippen molar-refractivity contribution in [2.45, 2.75) is 39.2 Å². The lowest BCUT2D eigenvalue weighted by atomic mass is 9.78. The lowest BCUT2D eigenvalue weighted by Crippen LogP contribution is -2.53. The first-order valence-electron chi connectivity index (χ1n) is 8.76. The second-order valence-electron chi connectivity index (χ2n) is 6.71. The normalized spacial score (nSPS) is 22.2. The number of carbonyl (C=O) groups excluding carboxylic acids is 2. The summed E-state index contributed by atoms with van der Waals surface area (Å²) < 4.78 is 0. The van der Waals surface area contributed by atoms with Crippen LogP contribution in [0.5, 0.6) is 0 Å². The van der Waals surface area contributed by atoms with Crippen LogP contribution in [0.3, 0.4) is 0 Å². The Labute approximate surface area is 164 Å². The molecule has 8 heteroatoms. The van der Waals surface area contributed by atoms with Gasteiger partial charge in [-0.15, -0.1) is 0 Å². The molecule has 0 saturated heterocycles. The van der Waals surface area contributed by atoms with E-state index in [4.69, 9.17) is 23.8 Å². The Kier molecular flexibility index (Phi) is 7.66. The van der Waals surface area contributed by atoms with Gasteiger partial charge in [-0.1, -0.05) is 38.3 Å². The molecule has 0 aromatic heterocycles. The van der Waals surface area contributed by atoms with Gasteiger partial charge in [-0.25, -0.2) is 0 Å². The number of halogens is 1. The first kappa shape index (κ1) is 20.5. The average Bonchev–Trinajstić information content (AvgIpc) is 2.62. The summed E-state index contributed by atoms with van der Waals surface area (Å²) in [6, 6.07) is 6.74. The molecule has 4 N–H and O–H groups in total. The second-order valence-corrected chi connectivity index (χ2v) is 7.55. The molecule has 1 aliphatic rings. The molecular formula is C18H25ClN4O2S. The maximum absolute atomic E-state index is 11.9. The van der Waals surface area contributed by atoms with Crippen LogP contribution in [0.15, 0.2) is 24.3 Å². The summed E-state index contributed by atoms with van der Waals surface area (Å²) in [5, 5.41) is 6.72. The number of hydrazine groups is 1. The Bertz CT molecular complexity index is 653. The number of hydrogen-bond acceptors (Lipinski definition) is 3. The van der Waals surface area contributed by atoms with Gasteiger partial charge in [0.1, 0.15) is 0 Å². The summed E-state index contributed by atoms with van der Waals surface area (Å²) in [5.74, 6) is 0.448. The fourth-order valence-corrected chi connectivity index (χ4v) is 3.35. The predicted octanol–water partition coefficient (Wildman–Crippen LogP) is 2.39. The molecule has 0 unspecified atom stereocenters. The van der Waals surface area contributed by atoms with E-state index in [-0.39, 0.29) is 18.4 Å². The number of thiocarbonyl (C=S) groups is 1. The highest BCUT2D eigenvalue weighted by Crippen LogP contribution is 2.29. The van der Waals surface area contributed by atoms with Crippen LogP contribution in [0.25, 0.3) is 0 Å². The Balaban J connectivity index is 1.68. The van der Waals surface area contributed by atoms with E-state index < -0.39 is 0 Å². The quantitative estimate of drug-likeness (QED) is 0.464. The maximum atomic E-state index is 11.9. The zero-order valence-corrected chi connectivity index (χ0v) is 16.5. The smallest absolute Gasteiger partial charge is 0.257 e. The van der Waals surface area contributed by atoms with Gasteiger partial charge in [0.2, 0.25) is 0 Å². The third-order valence-electron chi connectivity index (χ3n) is 4.85. The highest BCUT2D eigenvalue weighted by molar-refractivity contribution is 7.80. The van der Waals surface area contributed by atoms with Crippen molar-refractivity contribution < 1.29 is 9.59 Å². The van der Waals surface area contributed by atoms with Crippen LogP contribution >= 0.6 is 23.8 Å². The fourth-order valence-electron chi connectivity index (χ4n) is 3.02. The molecule has 1 saturated carbocycles. The molecule has 2 amide bonds. The summed E-state index contributed by atoms with van der Waals surface area (Å²) in [6.07, 6.45) is 3.48. The average molecular weight is 397 g/mol. The van der Waals surface area contributed by atoms with E-state index in [2.05, 4.69) is 35.3 Å². The lowest BCUT2D eigenvalue weighted by molar-refractivity contribution is -0.120. The van der Waals surface area contributed by atoms with Crippen molar-refractivity contribution in [1.82, 2.24) is 21.5 Å². The molecule has 1 aliphatic carbocycles. The van der Waals surface area contributed by atoms with Crippen molar-refractivity contribution in [3.63, 3.8) is 0 Å². The molecule has 0 radical (unpaired) electrons. The largest absolute Gasteiger partial charge is 0.358 e. The number of nitrogens with one attached hydrogen (secondary N) is 4. The van der Waals surface area contributed by atoms with Gasteiger partial charge in [0, 0.05) is 16.6 Å². The molecule has 26 heavy (non-hydrogen) atoms. The Morgan fingerprint density at radius 1 is 1.15 bits per heavy atom. The van der Waals surface area contributed by atoms with Gasteiger partial charge in [0.15, 0.2) is 5.11 Å². The topological polar surface area (TPSA) is 82.3 Å². The molecule has 0 spiro atoms. The van der Waals surface area contributed by atoms with Crippen molar-refractivity contribution >= 4 is 40.7 Å². The van der Waals surface area contributed by atoms with E-state index in [9.17, 15) is 9.59 Å². The van der Waals surface area contributed by atoms with Gasteiger partial charge in [0.25, 0.3) is 11.8 Å². The zero-order valence-electron chi connectivity index (χ0n) is 15.0. The summed E-state index contributed by atoms with van der Waals surface area (Å²) in [6.45, 7) is 4.31. The van der Waals surface area contributed by atoms with Gasteiger partial charge in [-0.05, 0) is 54.7 Å². The zero-order chi connectivity index (χ0) is 19.1. The van der Waals surface area contributed by atoms with Gasteiger partial charge in [0.05, 0.1) is 6.54 Å². The molecule has 1 aromatic rings. The van der Waals surface area contributed by atoms with Gasteiger partial charge >= 0.3 is 0 Å². The monoisotopic (exact) mass is 396 g/mol. The summed E-state index contributed by atoms with van der Waals surface area (Å²) in [7, 11) is 0.